The summed E-state index contributed by atoms with van der Waals surface area (Å²) < 4.78 is 16.8. The molecule has 2 aromatic rings. The van der Waals surface area contributed by atoms with Crippen molar-refractivity contribution in [1.82, 2.24) is 10.2 Å². The van der Waals surface area contributed by atoms with Gasteiger partial charge in [0, 0.05) is 13.0 Å². The Hall–Kier alpha value is -2.73. The molecule has 0 aliphatic carbocycles. The van der Waals surface area contributed by atoms with E-state index in [1.165, 1.54) is 0 Å². The van der Waals surface area contributed by atoms with Gasteiger partial charge >= 0.3 is 0 Å². The van der Waals surface area contributed by atoms with Gasteiger partial charge in [-0.3, -0.25) is 9.69 Å². The molecule has 0 saturated heterocycles. The molecule has 2 aromatic carbocycles. The number of hydrogen-bond donors (Lipinski definition) is 1. The molecule has 1 N–H and O–H groups in total. The van der Waals surface area contributed by atoms with Crippen LogP contribution in [0.5, 0.6) is 17.2 Å². The molecule has 1 aliphatic rings. The first-order valence-corrected chi connectivity index (χ1v) is 10.5. The summed E-state index contributed by atoms with van der Waals surface area (Å²) in [7, 11) is 3.60. The molecule has 0 saturated carbocycles. The summed E-state index contributed by atoms with van der Waals surface area (Å²) in [4.78, 5) is 14.8. The third-order valence-electron chi connectivity index (χ3n) is 5.11. The molecule has 1 atom stereocenters. The van der Waals surface area contributed by atoms with Crippen LogP contribution in [0.4, 0.5) is 0 Å². The Morgan fingerprint density at radius 2 is 1.90 bits per heavy atom. The van der Waals surface area contributed by atoms with Gasteiger partial charge in [0.15, 0.2) is 11.5 Å². The molecule has 1 heterocycles. The minimum absolute atomic E-state index is 0.00814. The lowest BCUT2D eigenvalue weighted by atomic mass is 9.95. The van der Waals surface area contributed by atoms with Crippen LogP contribution >= 0.6 is 0 Å². The summed E-state index contributed by atoms with van der Waals surface area (Å²) in [6, 6.07) is 13.7. The Kier molecular flexibility index (Phi) is 7.57. The summed E-state index contributed by atoms with van der Waals surface area (Å²) in [5.41, 5.74) is 2.13. The number of carbonyl (C=O) groups is 1. The average Bonchev–Trinajstić information content (AvgIpc) is 2.96. The normalized spacial score (nSPS) is 14.3. The maximum atomic E-state index is 12.8. The zero-order valence-corrected chi connectivity index (χ0v) is 18.3. The fourth-order valence-corrected chi connectivity index (χ4v) is 3.61. The van der Waals surface area contributed by atoms with Gasteiger partial charge in [-0.2, -0.15) is 0 Å². The number of carbonyl (C=O) groups excluding carboxylic acids is 1. The summed E-state index contributed by atoms with van der Waals surface area (Å²) >= 11 is 0. The van der Waals surface area contributed by atoms with Crippen molar-refractivity contribution in [2.75, 3.05) is 33.9 Å². The first kappa shape index (κ1) is 22.0. The van der Waals surface area contributed by atoms with Crippen molar-refractivity contribution in [3.63, 3.8) is 0 Å². The fourth-order valence-electron chi connectivity index (χ4n) is 3.61. The minimum atomic E-state index is -0.0973. The molecule has 6 nitrogen and oxygen atoms in total. The second-order valence-corrected chi connectivity index (χ2v) is 8.07. The second-order valence-electron chi connectivity index (χ2n) is 8.07. The van der Waals surface area contributed by atoms with E-state index in [1.807, 2.05) is 54.4 Å². The van der Waals surface area contributed by atoms with Gasteiger partial charge in [-0.25, -0.2) is 0 Å². The molecular weight excluding hydrogens is 380 g/mol. The summed E-state index contributed by atoms with van der Waals surface area (Å²) in [6.07, 6.45) is 0.869. The number of amides is 1. The quantitative estimate of drug-likeness (QED) is 0.715. The number of rotatable bonds is 8. The van der Waals surface area contributed by atoms with Crippen LogP contribution in [0.15, 0.2) is 42.5 Å². The van der Waals surface area contributed by atoms with Crippen molar-refractivity contribution < 1.29 is 19.0 Å². The first-order valence-electron chi connectivity index (χ1n) is 10.5. The van der Waals surface area contributed by atoms with Crippen LogP contribution < -0.4 is 19.5 Å². The third-order valence-corrected chi connectivity index (χ3v) is 5.11. The Labute approximate surface area is 179 Å². The van der Waals surface area contributed by atoms with Crippen LogP contribution in [0.3, 0.4) is 0 Å². The smallest absolute Gasteiger partial charge is 0.234 e. The monoisotopic (exact) mass is 412 g/mol. The van der Waals surface area contributed by atoms with Gasteiger partial charge in [0.2, 0.25) is 5.91 Å². The van der Waals surface area contributed by atoms with Gasteiger partial charge in [-0.1, -0.05) is 32.0 Å². The number of ether oxygens (including phenoxy) is 3. The molecule has 0 aromatic heterocycles. The molecule has 1 aliphatic heterocycles. The van der Waals surface area contributed by atoms with Crippen molar-refractivity contribution >= 4 is 5.91 Å². The van der Waals surface area contributed by atoms with E-state index in [1.54, 1.807) is 7.11 Å². The van der Waals surface area contributed by atoms with Gasteiger partial charge in [0.25, 0.3) is 0 Å². The maximum absolute atomic E-state index is 12.8. The van der Waals surface area contributed by atoms with E-state index in [-0.39, 0.29) is 17.9 Å². The highest BCUT2D eigenvalue weighted by atomic mass is 16.5. The van der Waals surface area contributed by atoms with Crippen molar-refractivity contribution in [2.45, 2.75) is 32.9 Å². The van der Waals surface area contributed by atoms with Crippen LogP contribution in [-0.4, -0.2) is 44.7 Å². The predicted octanol–water partition coefficient (Wildman–Crippen LogP) is 3.80. The molecule has 1 amide bonds. The number of nitrogens with zero attached hydrogens (tertiary/aromatic N) is 1. The molecule has 0 radical (unpaired) electrons. The number of benzene rings is 2. The Bertz CT molecular complexity index is 853. The molecule has 0 fully saturated rings. The van der Waals surface area contributed by atoms with Crippen LogP contribution in [-0.2, 0) is 11.3 Å². The topological polar surface area (TPSA) is 60.0 Å². The Morgan fingerprint density at radius 3 is 2.63 bits per heavy atom. The van der Waals surface area contributed by atoms with Crippen molar-refractivity contribution in [3.05, 3.63) is 53.6 Å². The van der Waals surface area contributed by atoms with E-state index >= 15 is 0 Å². The highest BCUT2D eigenvalue weighted by molar-refractivity contribution is 5.78. The molecular formula is C24H32N2O4. The van der Waals surface area contributed by atoms with Gasteiger partial charge in [-0.05, 0) is 48.4 Å². The lowest BCUT2D eigenvalue weighted by Crippen LogP contribution is -2.38. The molecule has 6 heteroatoms. The minimum Gasteiger partial charge on any atom is -0.497 e. The van der Waals surface area contributed by atoms with Crippen LogP contribution in [0.25, 0.3) is 0 Å². The maximum Gasteiger partial charge on any atom is 0.234 e. The standard InChI is InChI=1S/C24H32N2O4/c1-17(2)24(19-9-10-21-22(14-19)30-12-6-11-29-21)25-23(27)16-26(3)15-18-7-5-8-20(13-18)28-4/h5,7-10,13-14,17,24H,6,11-12,15-16H2,1-4H3,(H,25,27). The molecule has 0 spiro atoms. The van der Waals surface area contributed by atoms with Crippen molar-refractivity contribution in [3.8, 4) is 17.2 Å². The van der Waals surface area contributed by atoms with Crippen molar-refractivity contribution in [2.24, 2.45) is 5.92 Å². The largest absolute Gasteiger partial charge is 0.497 e. The third kappa shape index (κ3) is 5.89. The molecule has 1 unspecified atom stereocenters. The van der Waals surface area contributed by atoms with E-state index in [9.17, 15) is 4.79 Å². The summed E-state index contributed by atoms with van der Waals surface area (Å²) in [5.74, 6) is 2.57. The Morgan fingerprint density at radius 1 is 1.13 bits per heavy atom. The highest BCUT2D eigenvalue weighted by Gasteiger charge is 2.21. The number of methoxy groups -OCH3 is 1. The van der Waals surface area contributed by atoms with E-state index in [2.05, 4.69) is 19.2 Å². The van der Waals surface area contributed by atoms with Crippen LogP contribution in [0, 0.1) is 5.92 Å². The average molecular weight is 413 g/mol. The lowest BCUT2D eigenvalue weighted by Gasteiger charge is -2.25. The fraction of sp³-hybridized carbons (Fsp3) is 0.458. The molecule has 162 valence electrons. The van der Waals surface area contributed by atoms with E-state index in [4.69, 9.17) is 14.2 Å². The van der Waals surface area contributed by atoms with E-state index in [0.29, 0.717) is 26.3 Å². The van der Waals surface area contributed by atoms with Gasteiger partial charge in [0.05, 0.1) is 32.9 Å². The van der Waals surface area contributed by atoms with Gasteiger partial charge < -0.3 is 19.5 Å². The number of hydrogen-bond acceptors (Lipinski definition) is 5. The lowest BCUT2D eigenvalue weighted by molar-refractivity contribution is -0.123. The molecule has 30 heavy (non-hydrogen) atoms. The van der Waals surface area contributed by atoms with E-state index < -0.39 is 0 Å². The number of fused-ring (bicyclic) bond motifs is 1. The predicted molar refractivity (Wildman–Crippen MR) is 117 cm³/mol. The SMILES string of the molecule is COc1cccc(CN(C)CC(=O)NC(c2ccc3c(c2)OCCCO3)C(C)C)c1. The Balaban J connectivity index is 1.63. The van der Waals surface area contributed by atoms with Gasteiger partial charge in [-0.15, -0.1) is 0 Å². The number of likely N-dealkylation sites (N-methyl/N-ethyl adjacent to an activating group) is 1. The summed E-state index contributed by atoms with van der Waals surface area (Å²) in [5, 5.41) is 3.19. The first-order chi connectivity index (χ1) is 14.5. The molecule has 3 rings (SSSR count). The zero-order valence-electron chi connectivity index (χ0n) is 18.3. The van der Waals surface area contributed by atoms with Crippen LogP contribution in [0.1, 0.15) is 37.4 Å². The number of nitrogens with one attached hydrogen (secondary N) is 1. The van der Waals surface area contributed by atoms with Gasteiger partial charge in [0.1, 0.15) is 5.75 Å². The van der Waals surface area contributed by atoms with Crippen LogP contribution in [0.2, 0.25) is 0 Å². The summed E-state index contributed by atoms with van der Waals surface area (Å²) in [6.45, 7) is 6.49. The second kappa shape index (κ2) is 10.3. The van der Waals surface area contributed by atoms with E-state index in [0.717, 1.165) is 34.8 Å². The highest BCUT2D eigenvalue weighted by Crippen LogP contribution is 2.34. The van der Waals surface area contributed by atoms with Crippen molar-refractivity contribution in [1.29, 1.82) is 0 Å². The molecule has 0 bridgehead atoms. The zero-order chi connectivity index (χ0) is 21.5.